The normalized spacial score (nSPS) is 17.6. The molecule has 3 aromatic carbocycles. The van der Waals surface area contributed by atoms with E-state index in [0.29, 0.717) is 19.8 Å². The van der Waals surface area contributed by atoms with Gasteiger partial charge in [-0.3, -0.25) is 19.3 Å². The number of fused-ring (bicyclic) bond motifs is 5. The number of hydrogen-bond acceptors (Lipinski definition) is 5. The second kappa shape index (κ2) is 10.9. The standard InChI is InChI=1S/C32H29N3O4/c36-27-18-20-34-30(31(27)39-22-24-12-4-1-5-13-24)32(37)33-19-10-3-11-21-38-28-17-9-8-16-26(28)29(35(34)23-33)25-14-6-2-7-15-25/h1-10,12-18,20,29H,11,19,21-23H2/b10-3-. The predicted molar refractivity (Wildman–Crippen MR) is 150 cm³/mol. The Kier molecular flexibility index (Phi) is 6.87. The van der Waals surface area contributed by atoms with Gasteiger partial charge in [0.15, 0.2) is 11.4 Å². The van der Waals surface area contributed by atoms with E-state index in [2.05, 4.69) is 23.2 Å². The molecule has 0 aliphatic carbocycles. The van der Waals surface area contributed by atoms with Gasteiger partial charge in [-0.15, -0.1) is 0 Å². The maximum Gasteiger partial charge on any atom is 0.278 e. The van der Waals surface area contributed by atoms with Crippen molar-refractivity contribution in [1.82, 2.24) is 9.58 Å². The first-order valence-electron chi connectivity index (χ1n) is 13.1. The number of rotatable bonds is 4. The van der Waals surface area contributed by atoms with E-state index < -0.39 is 0 Å². The second-order valence-electron chi connectivity index (χ2n) is 9.54. The summed E-state index contributed by atoms with van der Waals surface area (Å²) in [6, 6.07) is 28.9. The van der Waals surface area contributed by atoms with Crippen molar-refractivity contribution in [3.8, 4) is 11.5 Å². The Morgan fingerprint density at radius 3 is 2.41 bits per heavy atom. The molecule has 1 amide bonds. The summed E-state index contributed by atoms with van der Waals surface area (Å²) < 4.78 is 14.1. The van der Waals surface area contributed by atoms with Crippen molar-refractivity contribution >= 4 is 5.91 Å². The molecule has 2 aliphatic heterocycles. The molecule has 3 heterocycles. The van der Waals surface area contributed by atoms with Gasteiger partial charge in [0.2, 0.25) is 5.43 Å². The smallest absolute Gasteiger partial charge is 0.278 e. The van der Waals surface area contributed by atoms with E-state index in [-0.39, 0.29) is 35.4 Å². The van der Waals surface area contributed by atoms with Crippen LogP contribution in [0, 0.1) is 0 Å². The molecular formula is C32H29N3O4. The van der Waals surface area contributed by atoms with Gasteiger partial charge in [0, 0.05) is 24.4 Å². The van der Waals surface area contributed by atoms with Gasteiger partial charge in [-0.25, -0.2) is 0 Å². The van der Waals surface area contributed by atoms with Crippen LogP contribution in [-0.2, 0) is 6.61 Å². The summed E-state index contributed by atoms with van der Waals surface area (Å²) in [5, 5.41) is 2.10. The van der Waals surface area contributed by atoms with Crippen LogP contribution in [0.25, 0.3) is 0 Å². The van der Waals surface area contributed by atoms with E-state index in [4.69, 9.17) is 9.47 Å². The SMILES string of the molecule is O=C1c2c(OCc3ccccc3)c(=O)ccn2N2CN1C/C=C\CCOc1ccccc1C2c1ccccc1. The first-order valence-corrected chi connectivity index (χ1v) is 13.1. The fourth-order valence-electron chi connectivity index (χ4n) is 5.13. The third-order valence-electron chi connectivity index (χ3n) is 7.00. The van der Waals surface area contributed by atoms with Gasteiger partial charge >= 0.3 is 0 Å². The van der Waals surface area contributed by atoms with Crippen molar-refractivity contribution in [3.05, 3.63) is 142 Å². The van der Waals surface area contributed by atoms with E-state index in [1.54, 1.807) is 15.8 Å². The zero-order valence-electron chi connectivity index (χ0n) is 21.5. The van der Waals surface area contributed by atoms with Gasteiger partial charge < -0.3 is 14.4 Å². The van der Waals surface area contributed by atoms with E-state index in [0.717, 1.165) is 28.9 Å². The molecule has 0 N–H and O–H groups in total. The monoisotopic (exact) mass is 519 g/mol. The molecule has 2 bridgehead atoms. The maximum absolute atomic E-state index is 13.9. The molecule has 0 saturated carbocycles. The van der Waals surface area contributed by atoms with Crippen molar-refractivity contribution in [2.45, 2.75) is 19.1 Å². The number of amides is 1. The first-order chi connectivity index (χ1) is 19.2. The van der Waals surface area contributed by atoms with E-state index in [1.165, 1.54) is 6.07 Å². The van der Waals surface area contributed by atoms with Gasteiger partial charge in [-0.05, 0) is 23.6 Å². The van der Waals surface area contributed by atoms with Crippen LogP contribution in [0.3, 0.4) is 0 Å². The van der Waals surface area contributed by atoms with E-state index in [9.17, 15) is 9.59 Å². The summed E-state index contributed by atoms with van der Waals surface area (Å²) in [4.78, 5) is 28.8. The van der Waals surface area contributed by atoms with Crippen LogP contribution in [0.1, 0.15) is 39.6 Å². The van der Waals surface area contributed by atoms with Crippen LogP contribution in [0.15, 0.2) is 114 Å². The van der Waals surface area contributed by atoms with Crippen LogP contribution in [0.2, 0.25) is 0 Å². The largest absolute Gasteiger partial charge is 0.493 e. The lowest BCUT2D eigenvalue weighted by Gasteiger charge is -2.44. The first kappa shape index (κ1) is 24.6. The highest BCUT2D eigenvalue weighted by Gasteiger charge is 2.37. The minimum atomic E-state index is -0.330. The lowest BCUT2D eigenvalue weighted by molar-refractivity contribution is 0.0697. The van der Waals surface area contributed by atoms with Crippen molar-refractivity contribution in [2.24, 2.45) is 0 Å². The topological polar surface area (TPSA) is 64.0 Å². The average molecular weight is 520 g/mol. The minimum absolute atomic E-state index is 0.0495. The fourth-order valence-corrected chi connectivity index (χ4v) is 5.13. The third-order valence-corrected chi connectivity index (χ3v) is 7.00. The highest BCUT2D eigenvalue weighted by Crippen LogP contribution is 2.37. The quantitative estimate of drug-likeness (QED) is 0.359. The predicted octanol–water partition coefficient (Wildman–Crippen LogP) is 4.91. The summed E-state index contributed by atoms with van der Waals surface area (Å²) in [5.41, 5.74) is 2.80. The molecular weight excluding hydrogens is 490 g/mol. The van der Waals surface area contributed by atoms with Crippen molar-refractivity contribution in [2.75, 3.05) is 24.8 Å². The molecule has 2 aliphatic rings. The van der Waals surface area contributed by atoms with Gasteiger partial charge in [0.25, 0.3) is 5.91 Å². The number of nitrogens with zero attached hydrogens (tertiary/aromatic N) is 3. The minimum Gasteiger partial charge on any atom is -0.493 e. The van der Waals surface area contributed by atoms with Gasteiger partial charge in [-0.2, -0.15) is 0 Å². The van der Waals surface area contributed by atoms with Crippen LogP contribution < -0.4 is 19.9 Å². The summed E-state index contributed by atoms with van der Waals surface area (Å²) in [6.07, 6.45) is 6.39. The lowest BCUT2D eigenvalue weighted by Crippen LogP contribution is -2.55. The van der Waals surface area contributed by atoms with Crippen molar-refractivity contribution in [3.63, 3.8) is 0 Å². The Labute approximate surface area is 227 Å². The number of carbonyl (C=O) groups is 1. The zero-order valence-corrected chi connectivity index (χ0v) is 21.5. The Balaban J connectivity index is 1.54. The number of aromatic nitrogens is 1. The third kappa shape index (κ3) is 4.91. The van der Waals surface area contributed by atoms with Gasteiger partial charge in [-0.1, -0.05) is 91.0 Å². The Hall–Kier alpha value is -4.78. The number of benzene rings is 3. The molecule has 39 heavy (non-hydrogen) atoms. The molecule has 7 nitrogen and oxygen atoms in total. The van der Waals surface area contributed by atoms with Crippen LogP contribution in [0.4, 0.5) is 0 Å². The highest BCUT2D eigenvalue weighted by atomic mass is 16.5. The molecule has 1 atom stereocenters. The van der Waals surface area contributed by atoms with Crippen molar-refractivity contribution < 1.29 is 14.3 Å². The second-order valence-corrected chi connectivity index (χ2v) is 9.54. The summed E-state index contributed by atoms with van der Waals surface area (Å²) in [6.45, 7) is 1.42. The highest BCUT2D eigenvalue weighted by molar-refractivity contribution is 5.96. The van der Waals surface area contributed by atoms with Crippen LogP contribution in [-0.4, -0.2) is 35.3 Å². The van der Waals surface area contributed by atoms with E-state index >= 15 is 0 Å². The fraction of sp³-hybridized carbons (Fsp3) is 0.188. The molecule has 0 saturated heterocycles. The van der Waals surface area contributed by atoms with Crippen LogP contribution in [0.5, 0.6) is 11.5 Å². The Bertz CT molecular complexity index is 1550. The van der Waals surface area contributed by atoms with E-state index in [1.807, 2.05) is 78.9 Å². The Morgan fingerprint density at radius 1 is 0.846 bits per heavy atom. The molecule has 0 spiro atoms. The molecule has 1 aromatic heterocycles. The average Bonchev–Trinajstić information content (AvgIpc) is 2.97. The molecule has 6 rings (SSSR count). The molecule has 7 heteroatoms. The maximum atomic E-state index is 13.9. The van der Waals surface area contributed by atoms with Gasteiger partial charge in [0.1, 0.15) is 25.1 Å². The number of carbonyl (C=O) groups excluding carboxylic acids is 1. The number of hydrogen-bond donors (Lipinski definition) is 0. The summed E-state index contributed by atoms with van der Waals surface area (Å²) >= 11 is 0. The molecule has 0 radical (unpaired) electrons. The van der Waals surface area contributed by atoms with Gasteiger partial charge in [0.05, 0.1) is 6.61 Å². The lowest BCUT2D eigenvalue weighted by atomic mass is 9.97. The number of pyridine rings is 1. The summed E-state index contributed by atoms with van der Waals surface area (Å²) in [7, 11) is 0. The molecule has 1 unspecified atom stereocenters. The number of ether oxygens (including phenoxy) is 2. The Morgan fingerprint density at radius 2 is 1.59 bits per heavy atom. The zero-order chi connectivity index (χ0) is 26.6. The molecule has 0 fully saturated rings. The summed E-state index contributed by atoms with van der Waals surface area (Å²) in [5.74, 6) is 0.588. The van der Waals surface area contributed by atoms with Crippen molar-refractivity contribution in [1.29, 1.82) is 0 Å². The number of para-hydroxylation sites is 1. The molecule has 196 valence electrons. The van der Waals surface area contributed by atoms with Crippen LogP contribution >= 0.6 is 0 Å². The molecule has 4 aromatic rings.